The van der Waals surface area contributed by atoms with E-state index in [2.05, 4.69) is 0 Å². The van der Waals surface area contributed by atoms with Crippen molar-refractivity contribution in [3.63, 3.8) is 0 Å². The Morgan fingerprint density at radius 1 is 1.09 bits per heavy atom. The molecule has 0 saturated carbocycles. The summed E-state index contributed by atoms with van der Waals surface area (Å²) in [7, 11) is 0.341. The molecule has 0 aliphatic heterocycles. The van der Waals surface area contributed by atoms with Crippen molar-refractivity contribution in [3.05, 3.63) is 0 Å². The van der Waals surface area contributed by atoms with E-state index in [-0.39, 0.29) is 0 Å². The van der Waals surface area contributed by atoms with Crippen LogP contribution in [0.4, 0.5) is 26.3 Å². The summed E-state index contributed by atoms with van der Waals surface area (Å²) in [6, 6.07) is -5.10. The minimum Gasteiger partial charge on any atom is -0.234 e. The zero-order valence-corrected chi connectivity index (χ0v) is 5.42. The van der Waals surface area contributed by atoms with Gasteiger partial charge in [-0.15, -0.1) is 0 Å². The monoisotopic (exact) mass is 181 g/mol. The van der Waals surface area contributed by atoms with Crippen molar-refractivity contribution >= 4 is 0 Å². The predicted molar refractivity (Wildman–Crippen MR) is 24.7 cm³/mol. The lowest BCUT2D eigenvalue weighted by atomic mass is 10.5. The molecular weight excluding hydrogens is 176 g/mol. The van der Waals surface area contributed by atoms with Crippen LogP contribution in [-0.2, 0) is 0 Å². The minimum absolute atomic E-state index is 0.341. The molecule has 0 atom stereocenters. The van der Waals surface area contributed by atoms with E-state index >= 15 is 0 Å². The van der Waals surface area contributed by atoms with E-state index < -0.39 is 23.9 Å². The fourth-order valence-corrected chi connectivity index (χ4v) is 0.291. The Hall–Kier alpha value is -0.460. The SMILES string of the molecule is CN(CF)C(F)(F)C(F)(F)F. The van der Waals surface area contributed by atoms with Crippen molar-refractivity contribution in [2.75, 3.05) is 13.8 Å². The molecular formula is C4H5F6N. The molecule has 0 bridgehead atoms. The van der Waals surface area contributed by atoms with Crippen LogP contribution in [0.1, 0.15) is 0 Å². The average Bonchev–Trinajstić information content (AvgIpc) is 1.83. The lowest BCUT2D eigenvalue weighted by Gasteiger charge is -2.26. The summed E-state index contributed by atoms with van der Waals surface area (Å²) in [5.41, 5.74) is 0. The number of nitrogens with zero attached hydrogens (tertiary/aromatic N) is 1. The van der Waals surface area contributed by atoms with Gasteiger partial charge < -0.3 is 0 Å². The molecule has 0 aliphatic carbocycles. The molecule has 0 unspecified atom stereocenters. The molecule has 0 spiro atoms. The second kappa shape index (κ2) is 2.88. The van der Waals surface area contributed by atoms with E-state index in [0.29, 0.717) is 7.05 Å². The van der Waals surface area contributed by atoms with Gasteiger partial charge in [0.15, 0.2) is 0 Å². The normalized spacial score (nSPS) is 14.2. The fraction of sp³-hybridized carbons (Fsp3) is 1.00. The van der Waals surface area contributed by atoms with Crippen molar-refractivity contribution in [2.45, 2.75) is 12.2 Å². The van der Waals surface area contributed by atoms with Crippen LogP contribution in [0.2, 0.25) is 0 Å². The molecule has 0 aromatic heterocycles. The Labute approximate surface area is 58.6 Å². The van der Waals surface area contributed by atoms with Gasteiger partial charge in [-0.2, -0.15) is 22.0 Å². The Bertz CT molecular complexity index is 129. The summed E-state index contributed by atoms with van der Waals surface area (Å²) in [5, 5.41) is 0. The molecule has 0 aromatic rings. The first kappa shape index (κ1) is 10.5. The van der Waals surface area contributed by atoms with Gasteiger partial charge in [0.2, 0.25) is 0 Å². The number of hydrogen-bond donors (Lipinski definition) is 0. The maximum atomic E-state index is 11.9. The Morgan fingerprint density at radius 2 is 1.45 bits per heavy atom. The second-order valence-corrected chi connectivity index (χ2v) is 1.86. The van der Waals surface area contributed by atoms with Crippen LogP contribution in [0.25, 0.3) is 0 Å². The molecule has 0 aromatic carbocycles. The predicted octanol–water partition coefficient (Wildman–Crippen LogP) is 2.00. The third-order valence-corrected chi connectivity index (χ3v) is 1.000. The van der Waals surface area contributed by atoms with Crippen LogP contribution in [0.5, 0.6) is 0 Å². The van der Waals surface area contributed by atoms with Crippen LogP contribution >= 0.6 is 0 Å². The lowest BCUT2D eigenvalue weighted by Crippen LogP contribution is -2.50. The Balaban J connectivity index is 4.45. The minimum atomic E-state index is -5.73. The van der Waals surface area contributed by atoms with Gasteiger partial charge in [0.1, 0.15) is 6.80 Å². The van der Waals surface area contributed by atoms with Crippen LogP contribution in [0.15, 0.2) is 0 Å². The highest BCUT2D eigenvalue weighted by molar-refractivity contribution is 4.72. The molecule has 0 rings (SSSR count). The van der Waals surface area contributed by atoms with Gasteiger partial charge in [-0.05, 0) is 7.05 Å². The first-order valence-corrected chi connectivity index (χ1v) is 2.45. The van der Waals surface area contributed by atoms with Gasteiger partial charge in [0.05, 0.1) is 0 Å². The summed E-state index contributed by atoms with van der Waals surface area (Å²) in [6.45, 7) is -1.85. The Kier molecular flexibility index (Phi) is 2.76. The quantitative estimate of drug-likeness (QED) is 0.465. The first-order valence-electron chi connectivity index (χ1n) is 2.45. The van der Waals surface area contributed by atoms with Crippen molar-refractivity contribution in [2.24, 2.45) is 0 Å². The van der Waals surface area contributed by atoms with Gasteiger partial charge >= 0.3 is 12.2 Å². The largest absolute Gasteiger partial charge is 0.469 e. The lowest BCUT2D eigenvalue weighted by molar-refractivity contribution is -0.340. The number of halogens is 6. The standard InChI is InChI=1S/C4H5F6N/c1-11(2-5)4(9,10)3(6,7)8/h2H2,1H3. The van der Waals surface area contributed by atoms with Crippen molar-refractivity contribution in [1.29, 1.82) is 0 Å². The zero-order valence-electron chi connectivity index (χ0n) is 5.42. The maximum absolute atomic E-state index is 11.9. The van der Waals surface area contributed by atoms with E-state index in [9.17, 15) is 26.3 Å². The zero-order chi connectivity index (χ0) is 9.28. The molecule has 1 nitrogen and oxygen atoms in total. The highest BCUT2D eigenvalue weighted by atomic mass is 19.4. The number of alkyl halides is 6. The maximum Gasteiger partial charge on any atom is 0.469 e. The number of rotatable bonds is 2. The highest BCUT2D eigenvalue weighted by Crippen LogP contribution is 2.37. The topological polar surface area (TPSA) is 3.24 Å². The summed E-state index contributed by atoms with van der Waals surface area (Å²) in [4.78, 5) is -0.729. The molecule has 0 heterocycles. The van der Waals surface area contributed by atoms with Gasteiger partial charge in [0.25, 0.3) is 0 Å². The molecule has 11 heavy (non-hydrogen) atoms. The van der Waals surface area contributed by atoms with Crippen molar-refractivity contribution < 1.29 is 26.3 Å². The van der Waals surface area contributed by atoms with Crippen molar-refractivity contribution in [3.8, 4) is 0 Å². The average molecular weight is 181 g/mol. The van der Waals surface area contributed by atoms with Crippen LogP contribution < -0.4 is 0 Å². The molecule has 0 radical (unpaired) electrons. The van der Waals surface area contributed by atoms with Gasteiger partial charge in [-0.1, -0.05) is 0 Å². The molecule has 7 heteroatoms. The van der Waals surface area contributed by atoms with E-state index in [1.54, 1.807) is 0 Å². The van der Waals surface area contributed by atoms with Crippen LogP contribution in [0.3, 0.4) is 0 Å². The Morgan fingerprint density at radius 3 is 1.55 bits per heavy atom. The summed E-state index contributed by atoms with van der Waals surface area (Å²) < 4.78 is 69.1. The molecule has 68 valence electrons. The molecule has 0 aliphatic rings. The third kappa shape index (κ3) is 1.98. The third-order valence-electron chi connectivity index (χ3n) is 1.000. The fourth-order valence-electron chi connectivity index (χ4n) is 0.291. The van der Waals surface area contributed by atoms with Crippen LogP contribution in [0, 0.1) is 0 Å². The van der Waals surface area contributed by atoms with Gasteiger partial charge in [-0.25, -0.2) is 9.29 Å². The van der Waals surface area contributed by atoms with E-state index in [4.69, 9.17) is 0 Å². The second-order valence-electron chi connectivity index (χ2n) is 1.86. The van der Waals surface area contributed by atoms with Crippen molar-refractivity contribution in [1.82, 2.24) is 4.90 Å². The highest BCUT2D eigenvalue weighted by Gasteiger charge is 2.60. The smallest absolute Gasteiger partial charge is 0.234 e. The molecule has 0 N–H and O–H groups in total. The summed E-state index contributed by atoms with van der Waals surface area (Å²) in [6.07, 6.45) is -5.73. The molecule has 0 amide bonds. The van der Waals surface area contributed by atoms with Gasteiger partial charge in [0, 0.05) is 0 Å². The van der Waals surface area contributed by atoms with E-state index in [1.807, 2.05) is 0 Å². The summed E-state index contributed by atoms with van der Waals surface area (Å²) in [5.74, 6) is 0. The van der Waals surface area contributed by atoms with E-state index in [1.165, 1.54) is 0 Å². The first-order chi connectivity index (χ1) is 4.73. The summed E-state index contributed by atoms with van der Waals surface area (Å²) >= 11 is 0. The number of hydrogen-bond acceptors (Lipinski definition) is 1. The molecule has 0 saturated heterocycles. The van der Waals surface area contributed by atoms with Gasteiger partial charge in [-0.3, -0.25) is 0 Å². The molecule has 0 fully saturated rings. The van der Waals surface area contributed by atoms with Crippen LogP contribution in [-0.4, -0.2) is 31.0 Å². The van der Waals surface area contributed by atoms with E-state index in [0.717, 1.165) is 0 Å².